The molecule has 0 bridgehead atoms. The highest BCUT2D eigenvalue weighted by Crippen LogP contribution is 2.39. The molecule has 3 aromatic carbocycles. The summed E-state index contributed by atoms with van der Waals surface area (Å²) in [5, 5.41) is 5.40. The third-order valence-electron chi connectivity index (χ3n) is 8.09. The highest BCUT2D eigenvalue weighted by molar-refractivity contribution is 6.00. The summed E-state index contributed by atoms with van der Waals surface area (Å²) in [4.78, 5) is 54.4. The van der Waals surface area contributed by atoms with Crippen LogP contribution >= 0.6 is 0 Å². The molecule has 1 aliphatic carbocycles. The molecule has 1 saturated carbocycles. The van der Waals surface area contributed by atoms with Crippen LogP contribution in [0.4, 0.5) is 21.9 Å². The third-order valence-corrected chi connectivity index (χ3v) is 8.09. The molecular formula is C35H42N4O6. The van der Waals surface area contributed by atoms with Crippen molar-refractivity contribution >= 4 is 40.9 Å². The van der Waals surface area contributed by atoms with E-state index in [1.54, 1.807) is 54.4 Å². The second-order valence-corrected chi connectivity index (χ2v) is 11.7. The number of hydrogen-bond donors (Lipinski definition) is 2. The van der Waals surface area contributed by atoms with E-state index in [-0.39, 0.29) is 42.8 Å². The maximum Gasteiger partial charge on any atom is 0.319 e. The molecule has 0 unspecified atom stereocenters. The van der Waals surface area contributed by atoms with Gasteiger partial charge in [-0.15, -0.1) is 0 Å². The van der Waals surface area contributed by atoms with Crippen LogP contribution in [0.1, 0.15) is 44.6 Å². The minimum Gasteiger partial charge on any atom is -0.482 e. The number of anilines is 3. The summed E-state index contributed by atoms with van der Waals surface area (Å²) in [6, 6.07) is 22.8. The Hall–Kier alpha value is -4.86. The van der Waals surface area contributed by atoms with Crippen molar-refractivity contribution < 1.29 is 28.7 Å². The molecule has 45 heavy (non-hydrogen) atoms. The van der Waals surface area contributed by atoms with Crippen molar-refractivity contribution in [1.82, 2.24) is 5.32 Å². The summed E-state index contributed by atoms with van der Waals surface area (Å²) >= 11 is 0. The highest BCUT2D eigenvalue weighted by atomic mass is 16.5. The van der Waals surface area contributed by atoms with E-state index in [2.05, 4.69) is 17.6 Å². The van der Waals surface area contributed by atoms with Crippen molar-refractivity contribution in [2.75, 3.05) is 49.0 Å². The fourth-order valence-corrected chi connectivity index (χ4v) is 5.51. The van der Waals surface area contributed by atoms with Gasteiger partial charge >= 0.3 is 12.0 Å². The van der Waals surface area contributed by atoms with E-state index in [1.807, 2.05) is 36.4 Å². The summed E-state index contributed by atoms with van der Waals surface area (Å²) < 4.78 is 10.7. The molecule has 4 rings (SSSR count). The van der Waals surface area contributed by atoms with Gasteiger partial charge in [-0.1, -0.05) is 68.7 Å². The van der Waals surface area contributed by atoms with E-state index in [0.717, 1.165) is 31.4 Å². The molecule has 0 aliphatic heterocycles. The van der Waals surface area contributed by atoms with Crippen LogP contribution < -0.4 is 25.2 Å². The number of amides is 4. The van der Waals surface area contributed by atoms with Crippen LogP contribution in [-0.4, -0.2) is 57.7 Å². The number of urea groups is 1. The number of para-hydroxylation sites is 3. The zero-order valence-electron chi connectivity index (χ0n) is 26.2. The second kappa shape index (κ2) is 15.7. The number of carbonyl (C=O) groups excluding carboxylic acids is 4. The van der Waals surface area contributed by atoms with Gasteiger partial charge in [-0.3, -0.25) is 14.4 Å². The van der Waals surface area contributed by atoms with E-state index < -0.39 is 6.03 Å². The molecule has 0 atom stereocenters. The lowest BCUT2D eigenvalue weighted by atomic mass is 9.75. The molecule has 0 spiro atoms. The van der Waals surface area contributed by atoms with Crippen molar-refractivity contribution in [1.29, 1.82) is 0 Å². The predicted octanol–water partition coefficient (Wildman–Crippen LogP) is 5.57. The Balaban J connectivity index is 1.46. The molecule has 10 heteroatoms. The van der Waals surface area contributed by atoms with E-state index in [1.165, 1.54) is 18.4 Å². The molecule has 0 heterocycles. The van der Waals surface area contributed by atoms with E-state index in [0.29, 0.717) is 29.2 Å². The van der Waals surface area contributed by atoms with Gasteiger partial charge in [-0.25, -0.2) is 4.79 Å². The number of nitrogens with one attached hydrogen (secondary N) is 2. The predicted molar refractivity (Wildman–Crippen MR) is 175 cm³/mol. The molecule has 3 aromatic rings. The van der Waals surface area contributed by atoms with Crippen molar-refractivity contribution in [2.45, 2.75) is 45.4 Å². The number of likely N-dealkylation sites (N-methyl/N-ethyl adjacent to an activating group) is 1. The average molecular weight is 615 g/mol. The second-order valence-electron chi connectivity index (χ2n) is 11.7. The number of benzene rings is 3. The zero-order valence-corrected chi connectivity index (χ0v) is 26.2. The molecule has 4 amide bonds. The molecule has 0 saturated heterocycles. The molecule has 1 fully saturated rings. The van der Waals surface area contributed by atoms with Gasteiger partial charge in [0.25, 0.3) is 5.91 Å². The maximum absolute atomic E-state index is 13.8. The molecule has 1 aliphatic rings. The first kappa shape index (κ1) is 33.0. The minimum atomic E-state index is -0.554. The SMILES string of the molecule is COC(=O)Cc1cccc(NC(=O)NCC(=O)N(CC2(C)CCCCC2)c2ccccc2OCC(=O)N(C)c2ccccc2)c1. The van der Waals surface area contributed by atoms with Crippen LogP contribution in [0.3, 0.4) is 0 Å². The number of nitrogens with zero attached hydrogens (tertiary/aromatic N) is 2. The smallest absolute Gasteiger partial charge is 0.319 e. The third kappa shape index (κ3) is 9.56. The molecular weight excluding hydrogens is 572 g/mol. The number of esters is 1. The van der Waals surface area contributed by atoms with Gasteiger partial charge in [0.2, 0.25) is 5.91 Å². The number of hydrogen-bond acceptors (Lipinski definition) is 6. The standard InChI is InChI=1S/C35H42N4O6/c1-35(19-10-5-11-20-35)25-39(31(40)23-36-34(43)37-27-14-12-13-26(21-27)22-33(42)44-3)29-17-8-9-18-30(29)45-24-32(41)38(2)28-15-6-4-7-16-28/h4,6-9,12-18,21H,5,10-11,19-20,22-25H2,1-3H3,(H2,36,37,43). The minimum absolute atomic E-state index is 0.0788. The summed E-state index contributed by atoms with van der Waals surface area (Å²) in [6.07, 6.45) is 5.39. The highest BCUT2D eigenvalue weighted by Gasteiger charge is 2.33. The Morgan fingerprint density at radius 1 is 0.867 bits per heavy atom. The van der Waals surface area contributed by atoms with Gasteiger partial charge in [0, 0.05) is 25.0 Å². The van der Waals surface area contributed by atoms with Crippen LogP contribution in [0.15, 0.2) is 78.9 Å². The largest absolute Gasteiger partial charge is 0.482 e. The van der Waals surface area contributed by atoms with Gasteiger partial charge in [0.1, 0.15) is 5.75 Å². The zero-order chi connectivity index (χ0) is 32.2. The fraction of sp³-hybridized carbons (Fsp3) is 0.371. The molecule has 238 valence electrons. The number of ether oxygens (including phenoxy) is 2. The Morgan fingerprint density at radius 2 is 1.58 bits per heavy atom. The summed E-state index contributed by atoms with van der Waals surface area (Å²) in [5.74, 6) is -0.514. The van der Waals surface area contributed by atoms with Crippen molar-refractivity contribution in [3.8, 4) is 5.75 Å². The van der Waals surface area contributed by atoms with Crippen molar-refractivity contribution in [3.05, 3.63) is 84.4 Å². The number of carbonyl (C=O) groups is 4. The molecule has 0 radical (unpaired) electrons. The Labute approximate surface area is 264 Å². The first-order valence-electron chi connectivity index (χ1n) is 15.2. The van der Waals surface area contributed by atoms with Gasteiger partial charge in [0.05, 0.1) is 25.8 Å². The number of methoxy groups -OCH3 is 1. The lowest BCUT2D eigenvalue weighted by Gasteiger charge is -2.38. The Kier molecular flexibility index (Phi) is 11.6. The average Bonchev–Trinajstić information content (AvgIpc) is 3.05. The van der Waals surface area contributed by atoms with Crippen molar-refractivity contribution in [3.63, 3.8) is 0 Å². The summed E-state index contributed by atoms with van der Waals surface area (Å²) in [6.45, 7) is 2.17. The first-order valence-corrected chi connectivity index (χ1v) is 15.2. The van der Waals surface area contributed by atoms with Gasteiger partial charge < -0.3 is 29.9 Å². The van der Waals surface area contributed by atoms with Gasteiger partial charge in [-0.2, -0.15) is 0 Å². The maximum atomic E-state index is 13.8. The van der Waals surface area contributed by atoms with E-state index in [9.17, 15) is 19.2 Å². The first-order chi connectivity index (χ1) is 21.7. The number of rotatable bonds is 12. The van der Waals surface area contributed by atoms with Crippen LogP contribution in [0, 0.1) is 5.41 Å². The van der Waals surface area contributed by atoms with Crippen LogP contribution in [0.5, 0.6) is 5.75 Å². The van der Waals surface area contributed by atoms with Gasteiger partial charge in [-0.05, 0) is 60.2 Å². The lowest BCUT2D eigenvalue weighted by molar-refractivity contribution is -0.139. The van der Waals surface area contributed by atoms with E-state index >= 15 is 0 Å². The summed E-state index contributed by atoms with van der Waals surface area (Å²) in [5.41, 5.74) is 2.36. The molecule has 10 nitrogen and oxygen atoms in total. The van der Waals surface area contributed by atoms with Crippen LogP contribution in [-0.2, 0) is 25.5 Å². The van der Waals surface area contributed by atoms with Crippen LogP contribution in [0.2, 0.25) is 0 Å². The Bertz CT molecular complexity index is 1470. The fourth-order valence-electron chi connectivity index (χ4n) is 5.51. The summed E-state index contributed by atoms with van der Waals surface area (Å²) in [7, 11) is 3.01. The molecule has 2 N–H and O–H groups in total. The Morgan fingerprint density at radius 3 is 2.31 bits per heavy atom. The monoisotopic (exact) mass is 614 g/mol. The lowest BCUT2D eigenvalue weighted by Crippen LogP contribution is -2.46. The molecule has 0 aromatic heterocycles. The quantitative estimate of drug-likeness (QED) is 0.258. The van der Waals surface area contributed by atoms with Gasteiger partial charge in [0.15, 0.2) is 6.61 Å². The van der Waals surface area contributed by atoms with Crippen LogP contribution in [0.25, 0.3) is 0 Å². The van der Waals surface area contributed by atoms with E-state index in [4.69, 9.17) is 9.47 Å². The topological polar surface area (TPSA) is 117 Å². The normalized spacial score (nSPS) is 13.7. The van der Waals surface area contributed by atoms with Crippen molar-refractivity contribution in [2.24, 2.45) is 5.41 Å².